The molecule has 0 fully saturated rings. The van der Waals surface area contributed by atoms with Crippen LogP contribution >= 0.6 is 11.5 Å². The fraction of sp³-hybridized carbons (Fsp3) is 0.727. The second kappa shape index (κ2) is 7.06. The van der Waals surface area contributed by atoms with Gasteiger partial charge in [-0.25, -0.2) is 8.42 Å². The Hall–Kier alpha value is -0.860. The summed E-state index contributed by atoms with van der Waals surface area (Å²) in [5.74, 6) is 0.163. The van der Waals surface area contributed by atoms with Crippen LogP contribution in [0.5, 0.6) is 0 Å². The molecule has 0 aliphatic rings. The zero-order valence-corrected chi connectivity index (χ0v) is 13.1. The first-order chi connectivity index (χ1) is 8.92. The summed E-state index contributed by atoms with van der Waals surface area (Å²) in [4.78, 5) is 0.142. The minimum absolute atomic E-state index is 0.0801. The number of hydrogen-bond donors (Lipinski definition) is 2. The monoisotopic (exact) mass is 307 g/mol. The van der Waals surface area contributed by atoms with Crippen molar-refractivity contribution in [2.75, 3.05) is 30.5 Å². The molecule has 0 amide bonds. The van der Waals surface area contributed by atoms with E-state index in [9.17, 15) is 8.42 Å². The number of ether oxygens (including phenoxy) is 1. The van der Waals surface area contributed by atoms with Gasteiger partial charge in [-0.1, -0.05) is 6.92 Å². The Balaban J connectivity index is 2.92. The molecule has 1 heterocycles. The molecule has 0 bridgehead atoms. The SMILES string of the molecule is CCCS(=O)(=O)c1c(N)nsc1NC(C)CCOC. The van der Waals surface area contributed by atoms with E-state index >= 15 is 0 Å². The third-order valence-corrected chi connectivity index (χ3v) is 5.49. The summed E-state index contributed by atoms with van der Waals surface area (Å²) in [6.45, 7) is 4.40. The molecule has 0 aliphatic heterocycles. The molecule has 0 radical (unpaired) electrons. The lowest BCUT2D eigenvalue weighted by atomic mass is 10.2. The van der Waals surface area contributed by atoms with Crippen LogP contribution < -0.4 is 11.1 Å². The van der Waals surface area contributed by atoms with Crippen LogP contribution in [0.2, 0.25) is 0 Å². The van der Waals surface area contributed by atoms with Crippen molar-refractivity contribution in [3.8, 4) is 0 Å². The average Bonchev–Trinajstić information content (AvgIpc) is 2.68. The van der Waals surface area contributed by atoms with Gasteiger partial charge in [0.15, 0.2) is 15.7 Å². The molecule has 0 aromatic carbocycles. The van der Waals surface area contributed by atoms with Crippen molar-refractivity contribution < 1.29 is 13.2 Å². The second-order valence-corrected chi connectivity index (χ2v) is 7.19. The summed E-state index contributed by atoms with van der Waals surface area (Å²) >= 11 is 1.08. The predicted octanol–water partition coefficient (Wildman–Crippen LogP) is 1.75. The third-order valence-electron chi connectivity index (χ3n) is 2.59. The number of hydrogen-bond acceptors (Lipinski definition) is 7. The highest BCUT2D eigenvalue weighted by atomic mass is 32.2. The first-order valence-electron chi connectivity index (χ1n) is 6.15. The summed E-state index contributed by atoms with van der Waals surface area (Å²) in [5, 5.41) is 3.67. The number of nitrogens with one attached hydrogen (secondary N) is 1. The molecule has 0 aliphatic carbocycles. The van der Waals surface area contributed by atoms with E-state index in [1.165, 1.54) is 0 Å². The highest BCUT2D eigenvalue weighted by Gasteiger charge is 2.25. The first-order valence-corrected chi connectivity index (χ1v) is 8.58. The van der Waals surface area contributed by atoms with Crippen molar-refractivity contribution in [2.24, 2.45) is 0 Å². The fourth-order valence-corrected chi connectivity index (χ4v) is 4.37. The third kappa shape index (κ3) is 4.32. The van der Waals surface area contributed by atoms with Gasteiger partial charge in [0.25, 0.3) is 0 Å². The zero-order valence-electron chi connectivity index (χ0n) is 11.5. The highest BCUT2D eigenvalue weighted by molar-refractivity contribution is 7.91. The molecule has 8 heteroatoms. The number of nitrogens with two attached hydrogens (primary N) is 1. The van der Waals surface area contributed by atoms with E-state index in [-0.39, 0.29) is 22.5 Å². The smallest absolute Gasteiger partial charge is 0.185 e. The van der Waals surface area contributed by atoms with Gasteiger partial charge >= 0.3 is 0 Å². The maximum absolute atomic E-state index is 12.2. The standard InChI is InChI=1S/C11H21N3O3S2/c1-4-7-19(15,16)9-10(12)14-18-11(9)13-8(2)5-6-17-3/h8,13H,4-7H2,1-3H3,(H2,12,14). The summed E-state index contributed by atoms with van der Waals surface area (Å²) in [5.41, 5.74) is 5.69. The molecule has 0 saturated heterocycles. The Morgan fingerprint density at radius 3 is 2.79 bits per heavy atom. The molecular formula is C11H21N3O3S2. The lowest BCUT2D eigenvalue weighted by molar-refractivity contribution is 0.191. The van der Waals surface area contributed by atoms with Crippen LogP contribution in [0.25, 0.3) is 0 Å². The van der Waals surface area contributed by atoms with Gasteiger partial charge in [-0.3, -0.25) is 0 Å². The van der Waals surface area contributed by atoms with Crippen molar-refractivity contribution in [1.29, 1.82) is 0 Å². The van der Waals surface area contributed by atoms with Crippen molar-refractivity contribution in [3.05, 3.63) is 0 Å². The van der Waals surface area contributed by atoms with Gasteiger partial charge in [-0.05, 0) is 31.3 Å². The Morgan fingerprint density at radius 1 is 1.53 bits per heavy atom. The number of rotatable bonds is 8. The summed E-state index contributed by atoms with van der Waals surface area (Å²) in [6.07, 6.45) is 1.33. The van der Waals surface area contributed by atoms with Crippen molar-refractivity contribution in [2.45, 2.75) is 37.6 Å². The maximum atomic E-state index is 12.2. The van der Waals surface area contributed by atoms with E-state index in [0.717, 1.165) is 18.0 Å². The van der Waals surface area contributed by atoms with Gasteiger partial charge in [0, 0.05) is 19.8 Å². The molecule has 0 spiro atoms. The molecule has 1 unspecified atom stereocenters. The Labute approximate surface area is 118 Å². The van der Waals surface area contributed by atoms with E-state index in [4.69, 9.17) is 10.5 Å². The Morgan fingerprint density at radius 2 is 2.21 bits per heavy atom. The van der Waals surface area contributed by atoms with Gasteiger partial charge < -0.3 is 15.8 Å². The van der Waals surface area contributed by atoms with E-state index in [2.05, 4.69) is 9.69 Å². The lowest BCUT2D eigenvalue weighted by Gasteiger charge is -2.14. The van der Waals surface area contributed by atoms with Crippen molar-refractivity contribution >= 4 is 32.2 Å². The number of anilines is 2. The van der Waals surface area contributed by atoms with E-state index in [1.807, 2.05) is 13.8 Å². The van der Waals surface area contributed by atoms with Crippen LogP contribution in [0, 0.1) is 0 Å². The first kappa shape index (κ1) is 16.2. The van der Waals surface area contributed by atoms with Crippen LogP contribution in [-0.2, 0) is 14.6 Å². The summed E-state index contributed by atoms with van der Waals surface area (Å²) in [7, 11) is -1.73. The quantitative estimate of drug-likeness (QED) is 0.760. The second-order valence-electron chi connectivity index (χ2n) is 4.37. The number of aromatic nitrogens is 1. The number of methoxy groups -OCH3 is 1. The maximum Gasteiger partial charge on any atom is 0.185 e. The zero-order chi connectivity index (χ0) is 14.5. The summed E-state index contributed by atoms with van der Waals surface area (Å²) in [6, 6.07) is 0.0929. The molecule has 3 N–H and O–H groups in total. The highest BCUT2D eigenvalue weighted by Crippen LogP contribution is 2.33. The molecule has 110 valence electrons. The molecule has 1 aromatic rings. The fourth-order valence-electron chi connectivity index (χ4n) is 1.65. The van der Waals surface area contributed by atoms with Gasteiger partial charge in [0.05, 0.1) is 5.75 Å². The van der Waals surface area contributed by atoms with Crippen LogP contribution in [0.15, 0.2) is 4.90 Å². The minimum atomic E-state index is -3.37. The molecular weight excluding hydrogens is 286 g/mol. The number of sulfone groups is 1. The molecule has 1 aromatic heterocycles. The molecule has 0 saturated carbocycles. The van der Waals surface area contributed by atoms with Crippen LogP contribution in [-0.4, -0.2) is 38.3 Å². The van der Waals surface area contributed by atoms with Gasteiger partial charge in [-0.15, -0.1) is 0 Å². The minimum Gasteiger partial charge on any atom is -0.385 e. The molecule has 1 rings (SSSR count). The molecule has 6 nitrogen and oxygen atoms in total. The van der Waals surface area contributed by atoms with E-state index in [1.54, 1.807) is 7.11 Å². The van der Waals surface area contributed by atoms with Crippen LogP contribution in [0.3, 0.4) is 0 Å². The summed E-state index contributed by atoms with van der Waals surface area (Å²) < 4.78 is 33.2. The Bertz CT molecular complexity index is 499. The van der Waals surface area contributed by atoms with Crippen molar-refractivity contribution in [3.63, 3.8) is 0 Å². The van der Waals surface area contributed by atoms with Crippen molar-refractivity contribution in [1.82, 2.24) is 4.37 Å². The Kier molecular flexibility index (Phi) is 6.02. The van der Waals surface area contributed by atoms with Crippen LogP contribution in [0.4, 0.5) is 10.8 Å². The van der Waals surface area contributed by atoms with E-state index in [0.29, 0.717) is 18.0 Å². The van der Waals surface area contributed by atoms with Gasteiger partial charge in [-0.2, -0.15) is 4.37 Å². The normalized spacial score (nSPS) is 13.4. The van der Waals surface area contributed by atoms with Crippen LogP contribution in [0.1, 0.15) is 26.7 Å². The van der Waals surface area contributed by atoms with Gasteiger partial charge in [0.1, 0.15) is 9.90 Å². The molecule has 19 heavy (non-hydrogen) atoms. The molecule has 1 atom stereocenters. The topological polar surface area (TPSA) is 94.3 Å². The average molecular weight is 307 g/mol. The van der Waals surface area contributed by atoms with Gasteiger partial charge in [0.2, 0.25) is 0 Å². The predicted molar refractivity (Wildman–Crippen MR) is 78.4 cm³/mol. The number of nitrogens with zero attached hydrogens (tertiary/aromatic N) is 1. The van der Waals surface area contributed by atoms with E-state index < -0.39 is 9.84 Å². The lowest BCUT2D eigenvalue weighted by Crippen LogP contribution is -2.18. The number of nitrogen functional groups attached to an aromatic ring is 1. The largest absolute Gasteiger partial charge is 0.385 e.